The molecule has 0 unspecified atom stereocenters. The molecule has 0 saturated carbocycles. The Hall–Kier alpha value is -2.80. The van der Waals surface area contributed by atoms with Crippen molar-refractivity contribution in [2.45, 2.75) is 38.3 Å². The zero-order valence-corrected chi connectivity index (χ0v) is 19.7. The number of nitrogens with zero attached hydrogens (tertiary/aromatic N) is 4. The normalized spacial score (nSPS) is 19.1. The molecule has 0 radical (unpaired) electrons. The molecular weight excluding hydrogens is 422 g/mol. The fourth-order valence-corrected chi connectivity index (χ4v) is 5.69. The van der Waals surface area contributed by atoms with Gasteiger partial charge in [0, 0.05) is 56.2 Å². The Labute approximate surface area is 201 Å². The van der Waals surface area contributed by atoms with Gasteiger partial charge in [0.25, 0.3) is 0 Å². The van der Waals surface area contributed by atoms with Crippen LogP contribution in [0, 0.1) is 0 Å². The molecule has 6 heteroatoms. The molecule has 1 aromatic carbocycles. The molecule has 0 amide bonds. The summed E-state index contributed by atoms with van der Waals surface area (Å²) in [5.41, 5.74) is 5.57. The number of piperazine rings is 1. The molecule has 1 saturated heterocycles. The van der Waals surface area contributed by atoms with E-state index in [4.69, 9.17) is 14.4 Å². The van der Waals surface area contributed by atoms with Gasteiger partial charge in [0.15, 0.2) is 5.58 Å². The number of rotatable bonds is 7. The first-order chi connectivity index (χ1) is 16.8. The van der Waals surface area contributed by atoms with E-state index in [2.05, 4.69) is 45.4 Å². The van der Waals surface area contributed by atoms with Crippen molar-refractivity contribution in [3.8, 4) is 0 Å². The lowest BCUT2D eigenvalue weighted by molar-refractivity contribution is 0.148. The van der Waals surface area contributed by atoms with Crippen LogP contribution in [0.1, 0.15) is 42.3 Å². The summed E-state index contributed by atoms with van der Waals surface area (Å²) in [5, 5.41) is 5.78. The first-order valence-electron chi connectivity index (χ1n) is 12.7. The van der Waals surface area contributed by atoms with Crippen molar-refractivity contribution in [3.05, 3.63) is 71.8 Å². The summed E-state index contributed by atoms with van der Waals surface area (Å²) in [6, 6.07) is 15.2. The van der Waals surface area contributed by atoms with Crippen LogP contribution in [-0.4, -0.2) is 59.0 Å². The molecule has 34 heavy (non-hydrogen) atoms. The summed E-state index contributed by atoms with van der Waals surface area (Å²) in [5.74, 6) is 0. The highest BCUT2D eigenvalue weighted by Gasteiger charge is 2.27. The van der Waals surface area contributed by atoms with Crippen LogP contribution in [0.5, 0.6) is 0 Å². The Morgan fingerprint density at radius 3 is 2.88 bits per heavy atom. The van der Waals surface area contributed by atoms with Crippen LogP contribution >= 0.6 is 0 Å². The molecular formula is C28H33N5O. The monoisotopic (exact) mass is 455 g/mol. The molecule has 4 aromatic rings. The van der Waals surface area contributed by atoms with Crippen LogP contribution in [0.2, 0.25) is 0 Å². The highest BCUT2D eigenvalue weighted by atomic mass is 16.3. The third kappa shape index (κ3) is 4.45. The Balaban J connectivity index is 1.27. The number of furan rings is 1. The zero-order chi connectivity index (χ0) is 22.7. The van der Waals surface area contributed by atoms with Crippen molar-refractivity contribution in [3.63, 3.8) is 0 Å². The number of nitrogens with one attached hydrogen (secondary N) is 1. The quantitative estimate of drug-likeness (QED) is 0.441. The van der Waals surface area contributed by atoms with Crippen molar-refractivity contribution in [2.75, 3.05) is 39.3 Å². The smallest absolute Gasteiger partial charge is 0.153 e. The summed E-state index contributed by atoms with van der Waals surface area (Å²) >= 11 is 0. The lowest BCUT2D eigenvalue weighted by atomic mass is 9.90. The average Bonchev–Trinajstić information content (AvgIpc) is 3.26. The van der Waals surface area contributed by atoms with Gasteiger partial charge < -0.3 is 14.6 Å². The van der Waals surface area contributed by atoms with Crippen LogP contribution in [0.25, 0.3) is 21.9 Å². The Kier molecular flexibility index (Phi) is 6.27. The Bertz CT molecular complexity index is 1260. The standard InChI is InChI=1S/C28H33N5O/c1-2-10-26-23(8-1)24-18-22(31-19-27(24)34-26)20-33(15-5-14-32-16-12-29-13-17-32)25-9-3-6-21-7-4-11-30-28(21)25/h1-2,4,7-8,10-11,18-19,25,29H,3,5-6,9,12-17,20H2/t25-/m0/s1. The fraction of sp³-hybridized carbons (Fsp3) is 0.429. The van der Waals surface area contributed by atoms with Crippen LogP contribution in [0.15, 0.2) is 59.3 Å². The van der Waals surface area contributed by atoms with Crippen LogP contribution in [-0.2, 0) is 13.0 Å². The van der Waals surface area contributed by atoms with Gasteiger partial charge in [0.05, 0.1) is 23.6 Å². The summed E-state index contributed by atoms with van der Waals surface area (Å²) in [6.45, 7) is 7.55. The summed E-state index contributed by atoms with van der Waals surface area (Å²) in [6.07, 6.45) is 8.54. The highest BCUT2D eigenvalue weighted by Crippen LogP contribution is 2.34. The molecule has 6 rings (SSSR count). The Morgan fingerprint density at radius 1 is 1.03 bits per heavy atom. The van der Waals surface area contributed by atoms with Crippen LogP contribution in [0.3, 0.4) is 0 Å². The van der Waals surface area contributed by atoms with Crippen molar-refractivity contribution in [1.82, 2.24) is 25.1 Å². The topological polar surface area (TPSA) is 57.4 Å². The second-order valence-electron chi connectivity index (χ2n) is 9.64. The van der Waals surface area contributed by atoms with Gasteiger partial charge in [0.1, 0.15) is 5.58 Å². The number of pyridine rings is 2. The van der Waals surface area contributed by atoms with Gasteiger partial charge in [-0.05, 0) is 56.0 Å². The van der Waals surface area contributed by atoms with E-state index in [0.29, 0.717) is 6.04 Å². The minimum absolute atomic E-state index is 0.353. The molecule has 1 aliphatic heterocycles. The van der Waals surface area contributed by atoms with Gasteiger partial charge in [-0.1, -0.05) is 24.3 Å². The first-order valence-corrected chi connectivity index (χ1v) is 12.7. The maximum absolute atomic E-state index is 6.01. The molecule has 1 N–H and O–H groups in total. The SMILES string of the molecule is c1cnc2c(c1)CCC[C@@H]2N(CCCN1CCNCC1)Cc1cc2c(cn1)oc1ccccc12. The number of benzene rings is 1. The third-order valence-electron chi connectivity index (χ3n) is 7.42. The molecule has 2 aliphatic rings. The molecule has 6 nitrogen and oxygen atoms in total. The molecule has 0 spiro atoms. The van der Waals surface area contributed by atoms with E-state index in [9.17, 15) is 0 Å². The van der Waals surface area contributed by atoms with Gasteiger partial charge in [-0.3, -0.25) is 14.9 Å². The van der Waals surface area contributed by atoms with E-state index >= 15 is 0 Å². The van der Waals surface area contributed by atoms with E-state index in [-0.39, 0.29) is 0 Å². The van der Waals surface area contributed by atoms with Gasteiger partial charge >= 0.3 is 0 Å². The number of para-hydroxylation sites is 1. The summed E-state index contributed by atoms with van der Waals surface area (Å²) in [7, 11) is 0. The number of aromatic nitrogens is 2. The lowest BCUT2D eigenvalue weighted by Crippen LogP contribution is -2.44. The van der Waals surface area contributed by atoms with E-state index < -0.39 is 0 Å². The largest absolute Gasteiger partial charge is 0.454 e. The van der Waals surface area contributed by atoms with Crippen molar-refractivity contribution in [2.24, 2.45) is 0 Å². The minimum atomic E-state index is 0.353. The zero-order valence-electron chi connectivity index (χ0n) is 19.7. The number of fused-ring (bicyclic) bond motifs is 4. The maximum Gasteiger partial charge on any atom is 0.153 e. The molecule has 1 atom stereocenters. The number of aryl methyl sites for hydroxylation is 1. The predicted molar refractivity (Wildman–Crippen MR) is 136 cm³/mol. The fourth-order valence-electron chi connectivity index (χ4n) is 5.69. The third-order valence-corrected chi connectivity index (χ3v) is 7.42. The molecule has 0 bridgehead atoms. The van der Waals surface area contributed by atoms with E-state index in [1.165, 1.54) is 17.7 Å². The van der Waals surface area contributed by atoms with Crippen molar-refractivity contribution >= 4 is 21.9 Å². The second-order valence-corrected chi connectivity index (χ2v) is 9.64. The molecule has 1 fully saturated rings. The maximum atomic E-state index is 6.01. The van der Waals surface area contributed by atoms with Crippen LogP contribution in [0.4, 0.5) is 0 Å². The van der Waals surface area contributed by atoms with Crippen LogP contribution < -0.4 is 5.32 Å². The van der Waals surface area contributed by atoms with Gasteiger partial charge in [0.2, 0.25) is 0 Å². The van der Waals surface area contributed by atoms with Crippen molar-refractivity contribution < 1.29 is 4.42 Å². The number of hydrogen-bond acceptors (Lipinski definition) is 6. The van der Waals surface area contributed by atoms with Gasteiger partial charge in [-0.15, -0.1) is 0 Å². The summed E-state index contributed by atoms with van der Waals surface area (Å²) < 4.78 is 6.01. The first kappa shape index (κ1) is 21.7. The van der Waals surface area contributed by atoms with E-state index in [1.807, 2.05) is 24.5 Å². The summed E-state index contributed by atoms with van der Waals surface area (Å²) in [4.78, 5) is 14.9. The van der Waals surface area contributed by atoms with E-state index in [0.717, 1.165) is 92.7 Å². The van der Waals surface area contributed by atoms with E-state index in [1.54, 1.807) is 0 Å². The molecule has 176 valence electrons. The molecule has 3 aromatic heterocycles. The molecule has 1 aliphatic carbocycles. The second kappa shape index (κ2) is 9.82. The van der Waals surface area contributed by atoms with Gasteiger partial charge in [-0.25, -0.2) is 0 Å². The highest BCUT2D eigenvalue weighted by molar-refractivity contribution is 6.04. The lowest BCUT2D eigenvalue weighted by Gasteiger charge is -2.35. The molecule has 4 heterocycles. The minimum Gasteiger partial charge on any atom is -0.454 e. The number of hydrogen-bond donors (Lipinski definition) is 1. The van der Waals surface area contributed by atoms with Gasteiger partial charge in [-0.2, -0.15) is 0 Å². The average molecular weight is 456 g/mol. The van der Waals surface area contributed by atoms with Crippen molar-refractivity contribution in [1.29, 1.82) is 0 Å². The Morgan fingerprint density at radius 2 is 1.94 bits per heavy atom. The predicted octanol–water partition coefficient (Wildman–Crippen LogP) is 4.55.